The van der Waals surface area contributed by atoms with Gasteiger partial charge in [-0.25, -0.2) is 0 Å². The van der Waals surface area contributed by atoms with E-state index < -0.39 is 0 Å². The maximum Gasteiger partial charge on any atom is 0.127 e. The summed E-state index contributed by atoms with van der Waals surface area (Å²) < 4.78 is 6.33. The molecule has 3 aromatic carbocycles. The number of rotatable bonds is 5. The van der Waals surface area contributed by atoms with Crippen molar-refractivity contribution in [2.45, 2.75) is 0 Å². The molecule has 0 aromatic heterocycles. The van der Waals surface area contributed by atoms with Crippen LogP contribution in [0.4, 0.5) is 0 Å². The highest BCUT2D eigenvalue weighted by Gasteiger charge is 2.06. The molecule has 3 aromatic rings. The number of hydrogen-bond donors (Lipinski definition) is 0. The summed E-state index contributed by atoms with van der Waals surface area (Å²) in [5.41, 5.74) is 3.73. The second-order valence-corrected chi connectivity index (χ2v) is 6.23. The molecule has 0 heterocycles. The Hall–Kier alpha value is -2.72. The van der Waals surface area contributed by atoms with Gasteiger partial charge in [-0.05, 0) is 18.2 Å². The summed E-state index contributed by atoms with van der Waals surface area (Å²) in [6.07, 6.45) is 1.70. The minimum absolute atomic E-state index is 0.753. The summed E-state index contributed by atoms with van der Waals surface area (Å²) in [4.78, 5) is 0. The zero-order chi connectivity index (χ0) is 17.5. The molecule has 0 saturated carbocycles. The lowest BCUT2D eigenvalue weighted by Crippen LogP contribution is -2.02. The van der Waals surface area contributed by atoms with E-state index in [0.717, 1.165) is 32.6 Å². The van der Waals surface area contributed by atoms with E-state index in [9.17, 15) is 0 Å². The molecule has 0 fully saturated rings. The van der Waals surface area contributed by atoms with Crippen molar-refractivity contribution in [3.63, 3.8) is 0 Å². The fourth-order valence-electron chi connectivity index (χ4n) is 2.43. The predicted molar refractivity (Wildman–Crippen MR) is 107 cm³/mol. The predicted octanol–water partition coefficient (Wildman–Crippen LogP) is 5.33. The topological polar surface area (TPSA) is 34.0 Å². The lowest BCUT2D eigenvalue weighted by atomic mass is 10.0. The maximum atomic E-state index is 5.37. The SMILES string of the molecule is COc1ccc(Br)cc1/C=N/N=C(c1ccccc1)c1ccccc1. The Kier molecular flexibility index (Phi) is 5.75. The van der Waals surface area contributed by atoms with Gasteiger partial charge in [0.1, 0.15) is 11.5 Å². The second-order valence-electron chi connectivity index (χ2n) is 5.31. The molecule has 25 heavy (non-hydrogen) atoms. The Morgan fingerprint density at radius 3 is 2.04 bits per heavy atom. The molecular formula is C21H17BrN2O. The van der Waals surface area contributed by atoms with Gasteiger partial charge < -0.3 is 4.74 Å². The number of ether oxygens (including phenoxy) is 1. The molecule has 0 aliphatic carbocycles. The van der Waals surface area contributed by atoms with Gasteiger partial charge in [-0.2, -0.15) is 5.10 Å². The van der Waals surface area contributed by atoms with Crippen LogP contribution in [0, 0.1) is 0 Å². The Bertz CT molecular complexity index is 849. The molecule has 0 bridgehead atoms. The van der Waals surface area contributed by atoms with Crippen molar-refractivity contribution in [2.75, 3.05) is 7.11 Å². The van der Waals surface area contributed by atoms with Gasteiger partial charge in [-0.3, -0.25) is 0 Å². The maximum absolute atomic E-state index is 5.37. The first-order chi connectivity index (χ1) is 12.3. The van der Waals surface area contributed by atoms with Gasteiger partial charge in [0.15, 0.2) is 0 Å². The lowest BCUT2D eigenvalue weighted by Gasteiger charge is -2.06. The molecule has 0 spiro atoms. The standard InChI is InChI=1S/C21H17BrN2O/c1-25-20-13-12-19(22)14-18(20)15-23-24-21(16-8-4-2-5-9-16)17-10-6-3-7-11-17/h2-15H,1H3/b23-15+. The van der Waals surface area contributed by atoms with E-state index in [1.807, 2.05) is 78.9 Å². The van der Waals surface area contributed by atoms with Crippen molar-refractivity contribution in [1.29, 1.82) is 0 Å². The molecule has 0 saturated heterocycles. The molecule has 4 heteroatoms. The molecule has 0 atom stereocenters. The first-order valence-electron chi connectivity index (χ1n) is 7.83. The Morgan fingerprint density at radius 1 is 0.880 bits per heavy atom. The lowest BCUT2D eigenvalue weighted by molar-refractivity contribution is 0.414. The fraction of sp³-hybridized carbons (Fsp3) is 0.0476. The van der Waals surface area contributed by atoms with E-state index in [4.69, 9.17) is 4.74 Å². The van der Waals surface area contributed by atoms with Crippen LogP contribution in [0.1, 0.15) is 16.7 Å². The summed E-state index contributed by atoms with van der Waals surface area (Å²) in [6, 6.07) is 25.8. The second kappa shape index (κ2) is 8.40. The van der Waals surface area contributed by atoms with Crippen molar-refractivity contribution < 1.29 is 4.74 Å². The third kappa shape index (κ3) is 4.43. The molecule has 0 unspecified atom stereocenters. The van der Waals surface area contributed by atoms with Crippen LogP contribution in [0.25, 0.3) is 0 Å². The van der Waals surface area contributed by atoms with E-state index in [-0.39, 0.29) is 0 Å². The highest BCUT2D eigenvalue weighted by atomic mass is 79.9. The first-order valence-corrected chi connectivity index (χ1v) is 8.62. The Morgan fingerprint density at radius 2 is 1.48 bits per heavy atom. The van der Waals surface area contributed by atoms with E-state index in [2.05, 4.69) is 26.1 Å². The number of methoxy groups -OCH3 is 1. The number of nitrogens with zero attached hydrogens (tertiary/aromatic N) is 2. The molecule has 0 aliphatic heterocycles. The van der Waals surface area contributed by atoms with Crippen LogP contribution >= 0.6 is 15.9 Å². The minimum atomic E-state index is 0.753. The minimum Gasteiger partial charge on any atom is -0.496 e. The molecule has 0 radical (unpaired) electrons. The number of hydrogen-bond acceptors (Lipinski definition) is 3. The third-order valence-electron chi connectivity index (χ3n) is 3.64. The molecule has 0 amide bonds. The van der Waals surface area contributed by atoms with E-state index >= 15 is 0 Å². The van der Waals surface area contributed by atoms with Crippen LogP contribution in [-0.2, 0) is 0 Å². The smallest absolute Gasteiger partial charge is 0.127 e. The highest BCUT2D eigenvalue weighted by molar-refractivity contribution is 9.10. The fourth-order valence-corrected chi connectivity index (χ4v) is 2.81. The average molecular weight is 393 g/mol. The summed E-state index contributed by atoms with van der Waals surface area (Å²) in [5.74, 6) is 0.753. The summed E-state index contributed by atoms with van der Waals surface area (Å²) in [5, 5.41) is 8.79. The van der Waals surface area contributed by atoms with Crippen LogP contribution in [0.15, 0.2) is 93.5 Å². The third-order valence-corrected chi connectivity index (χ3v) is 4.13. The number of halogens is 1. The van der Waals surface area contributed by atoms with Gasteiger partial charge in [0, 0.05) is 21.2 Å². The molecule has 124 valence electrons. The van der Waals surface area contributed by atoms with Gasteiger partial charge in [0.2, 0.25) is 0 Å². The number of benzene rings is 3. The quantitative estimate of drug-likeness (QED) is 0.426. The Balaban J connectivity index is 1.99. The van der Waals surface area contributed by atoms with Crippen LogP contribution in [0.3, 0.4) is 0 Å². The van der Waals surface area contributed by atoms with Crippen LogP contribution in [-0.4, -0.2) is 19.0 Å². The van der Waals surface area contributed by atoms with Crippen LogP contribution in [0.5, 0.6) is 5.75 Å². The van der Waals surface area contributed by atoms with Crippen LogP contribution < -0.4 is 4.74 Å². The van der Waals surface area contributed by atoms with E-state index in [0.29, 0.717) is 0 Å². The Labute approximate surface area is 155 Å². The zero-order valence-electron chi connectivity index (χ0n) is 13.8. The summed E-state index contributed by atoms with van der Waals surface area (Å²) in [7, 11) is 1.64. The molecule has 3 nitrogen and oxygen atoms in total. The highest BCUT2D eigenvalue weighted by Crippen LogP contribution is 2.21. The average Bonchev–Trinajstić information content (AvgIpc) is 2.67. The molecule has 0 N–H and O–H groups in total. The van der Waals surface area contributed by atoms with Crippen LogP contribution in [0.2, 0.25) is 0 Å². The van der Waals surface area contributed by atoms with E-state index in [1.54, 1.807) is 13.3 Å². The van der Waals surface area contributed by atoms with Crippen molar-refractivity contribution in [1.82, 2.24) is 0 Å². The summed E-state index contributed by atoms with van der Waals surface area (Å²) in [6.45, 7) is 0. The zero-order valence-corrected chi connectivity index (χ0v) is 15.3. The van der Waals surface area contributed by atoms with Crippen molar-refractivity contribution in [3.8, 4) is 5.75 Å². The van der Waals surface area contributed by atoms with Gasteiger partial charge in [-0.1, -0.05) is 76.6 Å². The van der Waals surface area contributed by atoms with Crippen molar-refractivity contribution in [3.05, 3.63) is 100 Å². The normalized spacial score (nSPS) is 10.6. The van der Waals surface area contributed by atoms with Gasteiger partial charge in [0.05, 0.1) is 13.3 Å². The van der Waals surface area contributed by atoms with E-state index in [1.165, 1.54) is 0 Å². The molecular weight excluding hydrogens is 376 g/mol. The van der Waals surface area contributed by atoms with Gasteiger partial charge in [-0.15, -0.1) is 5.10 Å². The molecule has 0 aliphatic rings. The first kappa shape index (κ1) is 17.1. The van der Waals surface area contributed by atoms with Gasteiger partial charge >= 0.3 is 0 Å². The largest absolute Gasteiger partial charge is 0.496 e. The monoisotopic (exact) mass is 392 g/mol. The summed E-state index contributed by atoms with van der Waals surface area (Å²) >= 11 is 3.47. The van der Waals surface area contributed by atoms with Gasteiger partial charge in [0.25, 0.3) is 0 Å². The van der Waals surface area contributed by atoms with Crippen molar-refractivity contribution in [2.24, 2.45) is 10.2 Å². The van der Waals surface area contributed by atoms with Crippen molar-refractivity contribution >= 4 is 27.9 Å². The molecule has 3 rings (SSSR count).